The summed E-state index contributed by atoms with van der Waals surface area (Å²) in [5.41, 5.74) is 5.39. The minimum absolute atomic E-state index is 0.0946. The quantitative estimate of drug-likeness (QED) is 0.597. The number of nitrogens with zero attached hydrogens (tertiary/aromatic N) is 2. The molecule has 8 heteroatoms. The van der Waals surface area contributed by atoms with Crippen molar-refractivity contribution in [1.29, 1.82) is 0 Å². The summed E-state index contributed by atoms with van der Waals surface area (Å²) >= 11 is -1.63. The first-order chi connectivity index (χ1) is 7.13. The molecule has 3 N–H and O–H groups in total. The van der Waals surface area contributed by atoms with E-state index in [-0.39, 0.29) is 24.1 Å². The lowest BCUT2D eigenvalue weighted by Gasteiger charge is -2.04. The molecule has 1 unspecified atom stereocenters. The number of amidine groups is 2. The van der Waals surface area contributed by atoms with E-state index in [0.717, 1.165) is 0 Å². The van der Waals surface area contributed by atoms with Crippen molar-refractivity contribution in [2.24, 2.45) is 14.5 Å². The Kier molecular flexibility index (Phi) is 4.22. The molecule has 1 aliphatic heterocycles. The number of carbonyl (C=O) groups excluding carboxylic acids is 1. The van der Waals surface area contributed by atoms with Gasteiger partial charge in [-0.1, -0.05) is 0 Å². The largest absolute Gasteiger partial charge is 0.466 e. The van der Waals surface area contributed by atoms with E-state index in [1.165, 1.54) is 0 Å². The second kappa shape index (κ2) is 5.44. The van der Waals surface area contributed by atoms with Crippen molar-refractivity contribution in [2.75, 3.05) is 13.2 Å². The van der Waals surface area contributed by atoms with Crippen molar-refractivity contribution in [2.45, 2.75) is 13.3 Å². The average molecular weight is 232 g/mol. The first kappa shape index (κ1) is 11.6. The SMILES string of the molecule is CCOC(=O)CCNC1=NS(=O)N=C1N. The van der Waals surface area contributed by atoms with E-state index in [2.05, 4.69) is 14.1 Å². The number of ether oxygens (including phenoxy) is 1. The molecule has 15 heavy (non-hydrogen) atoms. The lowest BCUT2D eigenvalue weighted by molar-refractivity contribution is -0.142. The van der Waals surface area contributed by atoms with Crippen molar-refractivity contribution in [3.63, 3.8) is 0 Å². The van der Waals surface area contributed by atoms with E-state index >= 15 is 0 Å². The van der Waals surface area contributed by atoms with Crippen LogP contribution in [-0.4, -0.2) is 35.0 Å². The fraction of sp³-hybridized carbons (Fsp3) is 0.571. The predicted octanol–water partition coefficient (Wildman–Crippen LogP) is -1.12. The summed E-state index contributed by atoms with van der Waals surface area (Å²) in [6, 6.07) is 0. The molecule has 0 aliphatic carbocycles. The number of esters is 1. The highest BCUT2D eigenvalue weighted by molar-refractivity contribution is 7.83. The maximum absolute atomic E-state index is 10.9. The van der Waals surface area contributed by atoms with Gasteiger partial charge in [0.25, 0.3) is 11.2 Å². The Balaban J connectivity index is 2.27. The zero-order valence-electron chi connectivity index (χ0n) is 8.23. The third kappa shape index (κ3) is 3.66. The second-order valence-electron chi connectivity index (χ2n) is 2.63. The Morgan fingerprint density at radius 1 is 1.60 bits per heavy atom. The molecule has 0 radical (unpaired) electrons. The van der Waals surface area contributed by atoms with Gasteiger partial charge in [-0.3, -0.25) is 4.79 Å². The van der Waals surface area contributed by atoms with Gasteiger partial charge >= 0.3 is 5.97 Å². The van der Waals surface area contributed by atoms with Crippen molar-refractivity contribution in [3.8, 4) is 0 Å². The average Bonchev–Trinajstić information content (AvgIpc) is 2.46. The van der Waals surface area contributed by atoms with Gasteiger partial charge in [-0.2, -0.15) is 0 Å². The highest BCUT2D eigenvalue weighted by Gasteiger charge is 2.15. The molecular formula is C7H12N4O3S. The molecule has 0 aromatic heterocycles. The molecule has 0 fully saturated rings. The van der Waals surface area contributed by atoms with Crippen LogP contribution in [0.4, 0.5) is 0 Å². The fourth-order valence-electron chi connectivity index (χ4n) is 0.912. The molecular weight excluding hydrogens is 220 g/mol. The molecule has 0 saturated heterocycles. The van der Waals surface area contributed by atoms with Crippen LogP contribution in [0.25, 0.3) is 0 Å². The monoisotopic (exact) mass is 232 g/mol. The third-order valence-corrected chi connectivity index (χ3v) is 2.21. The summed E-state index contributed by atoms with van der Waals surface area (Å²) in [5.74, 6) is 0.0510. The molecule has 0 aromatic rings. The van der Waals surface area contributed by atoms with Crippen molar-refractivity contribution < 1.29 is 13.7 Å². The first-order valence-corrected chi connectivity index (χ1v) is 5.44. The van der Waals surface area contributed by atoms with E-state index in [0.29, 0.717) is 13.2 Å². The van der Waals surface area contributed by atoms with Crippen LogP contribution in [0.3, 0.4) is 0 Å². The van der Waals surface area contributed by atoms with Crippen LogP contribution in [0, 0.1) is 0 Å². The van der Waals surface area contributed by atoms with E-state index in [9.17, 15) is 9.00 Å². The van der Waals surface area contributed by atoms with Crippen molar-refractivity contribution in [3.05, 3.63) is 0 Å². The molecule has 0 aromatic carbocycles. The lowest BCUT2D eigenvalue weighted by atomic mass is 10.4. The minimum Gasteiger partial charge on any atom is -0.466 e. The summed E-state index contributed by atoms with van der Waals surface area (Å²) in [4.78, 5) is 10.9. The summed E-state index contributed by atoms with van der Waals surface area (Å²) < 4.78 is 22.6. The number of hydrogen-bond acceptors (Lipinski definition) is 5. The zero-order valence-corrected chi connectivity index (χ0v) is 9.04. The van der Waals surface area contributed by atoms with Crippen molar-refractivity contribution in [1.82, 2.24) is 5.32 Å². The van der Waals surface area contributed by atoms with Gasteiger partial charge in [0.2, 0.25) is 0 Å². The molecule has 84 valence electrons. The topological polar surface area (TPSA) is 106 Å². The van der Waals surface area contributed by atoms with Gasteiger partial charge in [0, 0.05) is 6.54 Å². The summed E-state index contributed by atoms with van der Waals surface area (Å²) in [6.07, 6.45) is 0.201. The number of carbonyl (C=O) groups is 1. The second-order valence-corrected chi connectivity index (χ2v) is 3.46. The van der Waals surface area contributed by atoms with Crippen LogP contribution in [0.1, 0.15) is 13.3 Å². The molecule has 1 aliphatic rings. The number of hydrogen-bond donors (Lipinski definition) is 2. The number of nitrogens with one attached hydrogen (secondary N) is 1. The molecule has 1 rings (SSSR count). The van der Waals surface area contributed by atoms with Gasteiger partial charge < -0.3 is 15.8 Å². The Morgan fingerprint density at radius 2 is 2.33 bits per heavy atom. The third-order valence-electron chi connectivity index (χ3n) is 1.52. The van der Waals surface area contributed by atoms with Crippen LogP contribution < -0.4 is 11.1 Å². The predicted molar refractivity (Wildman–Crippen MR) is 56.5 cm³/mol. The Morgan fingerprint density at radius 3 is 2.87 bits per heavy atom. The van der Waals surface area contributed by atoms with Gasteiger partial charge in [0.15, 0.2) is 11.7 Å². The van der Waals surface area contributed by atoms with Crippen molar-refractivity contribution >= 4 is 28.8 Å². The number of nitrogens with two attached hydrogens (primary N) is 1. The Labute approximate surface area is 89.5 Å². The lowest BCUT2D eigenvalue weighted by Crippen LogP contribution is -2.35. The highest BCUT2D eigenvalue weighted by Crippen LogP contribution is 1.97. The van der Waals surface area contributed by atoms with E-state index in [1.54, 1.807) is 6.92 Å². The van der Waals surface area contributed by atoms with Gasteiger partial charge in [0.1, 0.15) is 0 Å². The number of rotatable bonds is 4. The fourth-order valence-corrected chi connectivity index (χ4v) is 1.52. The Bertz CT molecular complexity index is 339. The zero-order chi connectivity index (χ0) is 11.3. The molecule has 7 nitrogen and oxygen atoms in total. The van der Waals surface area contributed by atoms with Gasteiger partial charge in [-0.05, 0) is 6.92 Å². The van der Waals surface area contributed by atoms with Crippen LogP contribution in [0.2, 0.25) is 0 Å². The van der Waals surface area contributed by atoms with E-state index < -0.39 is 11.2 Å². The molecule has 0 saturated carbocycles. The maximum atomic E-state index is 10.9. The van der Waals surface area contributed by atoms with Gasteiger partial charge in [-0.25, -0.2) is 4.21 Å². The summed E-state index contributed by atoms with van der Waals surface area (Å²) in [6.45, 7) is 2.42. The smallest absolute Gasteiger partial charge is 0.307 e. The summed E-state index contributed by atoms with van der Waals surface area (Å²) in [7, 11) is 0. The van der Waals surface area contributed by atoms with Crippen LogP contribution in [0.5, 0.6) is 0 Å². The minimum atomic E-state index is -1.63. The van der Waals surface area contributed by atoms with Crippen LogP contribution in [0.15, 0.2) is 8.80 Å². The Hall–Kier alpha value is -1.44. The van der Waals surface area contributed by atoms with E-state index in [1.807, 2.05) is 0 Å². The van der Waals surface area contributed by atoms with E-state index in [4.69, 9.17) is 10.5 Å². The molecule has 0 spiro atoms. The highest BCUT2D eigenvalue weighted by atomic mass is 32.2. The normalized spacial score (nSPS) is 19.4. The summed E-state index contributed by atoms with van der Waals surface area (Å²) in [5, 5.41) is 2.75. The molecule has 1 heterocycles. The first-order valence-electron chi connectivity index (χ1n) is 4.38. The standard InChI is InChI=1S/C7H12N4O3S/c1-2-14-5(12)3-4-9-7-6(8)10-15(13)11-7/h2-4H2,1H3,(H2,8,10)(H,9,11). The molecule has 0 amide bonds. The van der Waals surface area contributed by atoms with Crippen LogP contribution in [-0.2, 0) is 20.7 Å². The molecule has 0 bridgehead atoms. The molecule has 1 atom stereocenters. The van der Waals surface area contributed by atoms with Gasteiger partial charge in [-0.15, -0.1) is 8.80 Å². The maximum Gasteiger partial charge on any atom is 0.307 e. The van der Waals surface area contributed by atoms with Gasteiger partial charge in [0.05, 0.1) is 13.0 Å². The van der Waals surface area contributed by atoms with Crippen LogP contribution >= 0.6 is 0 Å².